The number of rotatable bonds is 3. The zero-order chi connectivity index (χ0) is 14.3. The van der Waals surface area contributed by atoms with E-state index in [1.54, 1.807) is 0 Å². The van der Waals surface area contributed by atoms with E-state index >= 15 is 0 Å². The lowest BCUT2D eigenvalue weighted by Crippen LogP contribution is -2.47. The molecule has 4 nitrogen and oxygen atoms in total. The fraction of sp³-hybridized carbons (Fsp3) is 0.875. The van der Waals surface area contributed by atoms with Crippen molar-refractivity contribution in [2.24, 2.45) is 29.6 Å². The first kappa shape index (κ1) is 13.9. The quantitative estimate of drug-likeness (QED) is 0.834. The van der Waals surface area contributed by atoms with Gasteiger partial charge in [-0.25, -0.2) is 0 Å². The lowest BCUT2D eigenvalue weighted by atomic mass is 9.78. The van der Waals surface area contributed by atoms with Crippen molar-refractivity contribution in [1.29, 1.82) is 0 Å². The molecule has 0 aromatic heterocycles. The summed E-state index contributed by atoms with van der Waals surface area (Å²) in [6.07, 6.45) is 7.61. The minimum Gasteiger partial charge on any atom is -0.481 e. The predicted molar refractivity (Wildman–Crippen MR) is 75.0 cm³/mol. The first-order valence-corrected chi connectivity index (χ1v) is 8.11. The number of fused-ring (bicyclic) bond motifs is 2. The second kappa shape index (κ2) is 5.38. The minimum absolute atomic E-state index is 0.0170. The fourth-order valence-electron chi connectivity index (χ4n) is 4.83. The molecule has 0 aliphatic heterocycles. The van der Waals surface area contributed by atoms with Crippen LogP contribution in [0.25, 0.3) is 0 Å². The Kier molecular flexibility index (Phi) is 3.74. The first-order chi connectivity index (χ1) is 9.58. The molecule has 3 saturated carbocycles. The number of hydrogen-bond donors (Lipinski definition) is 2. The molecule has 2 bridgehead atoms. The van der Waals surface area contributed by atoms with Gasteiger partial charge < -0.3 is 10.4 Å². The summed E-state index contributed by atoms with van der Waals surface area (Å²) in [5, 5.41) is 12.6. The van der Waals surface area contributed by atoms with Crippen LogP contribution in [0.4, 0.5) is 0 Å². The van der Waals surface area contributed by atoms with Gasteiger partial charge in [-0.1, -0.05) is 19.8 Å². The van der Waals surface area contributed by atoms with Gasteiger partial charge in [-0.05, 0) is 49.9 Å². The highest BCUT2D eigenvalue weighted by molar-refractivity contribution is 5.86. The molecule has 0 aromatic rings. The molecule has 0 unspecified atom stereocenters. The standard InChI is InChI=1S/C16H25NO3/c1-9-4-2-3-5-12(9)17-15(18)13-10-6-7-11(8-10)14(13)16(19)20/h9-14H,2-8H2,1H3,(H,17,18)(H,19,20)/t9-,10-,11-,12+,13+,14-/m0/s1. The summed E-state index contributed by atoms with van der Waals surface area (Å²) in [5.41, 5.74) is 0. The molecule has 0 heterocycles. The molecule has 0 spiro atoms. The van der Waals surface area contributed by atoms with Crippen LogP contribution in [-0.2, 0) is 9.59 Å². The summed E-state index contributed by atoms with van der Waals surface area (Å²) in [6, 6.07) is 0.254. The van der Waals surface area contributed by atoms with Gasteiger partial charge in [0.1, 0.15) is 0 Å². The topological polar surface area (TPSA) is 66.4 Å². The largest absolute Gasteiger partial charge is 0.481 e. The van der Waals surface area contributed by atoms with E-state index in [0.717, 1.165) is 25.7 Å². The van der Waals surface area contributed by atoms with Crippen molar-refractivity contribution < 1.29 is 14.7 Å². The van der Waals surface area contributed by atoms with Crippen molar-refractivity contribution in [3.05, 3.63) is 0 Å². The van der Waals surface area contributed by atoms with E-state index in [1.807, 2.05) is 0 Å². The normalized spacial score (nSPS) is 43.5. The highest BCUT2D eigenvalue weighted by atomic mass is 16.4. The maximum Gasteiger partial charge on any atom is 0.307 e. The highest BCUT2D eigenvalue weighted by Gasteiger charge is 2.54. The monoisotopic (exact) mass is 279 g/mol. The minimum atomic E-state index is -0.769. The maximum absolute atomic E-state index is 12.6. The molecule has 3 fully saturated rings. The number of nitrogens with one attached hydrogen (secondary N) is 1. The van der Waals surface area contributed by atoms with Crippen LogP contribution in [0.2, 0.25) is 0 Å². The Morgan fingerprint density at radius 1 is 1.00 bits per heavy atom. The molecular weight excluding hydrogens is 254 g/mol. The van der Waals surface area contributed by atoms with Gasteiger partial charge in [-0.2, -0.15) is 0 Å². The second-order valence-corrected chi connectivity index (χ2v) is 7.10. The molecule has 6 atom stereocenters. The smallest absolute Gasteiger partial charge is 0.307 e. The Morgan fingerprint density at radius 3 is 2.30 bits per heavy atom. The van der Waals surface area contributed by atoms with Gasteiger partial charge in [0.25, 0.3) is 0 Å². The third-order valence-electron chi connectivity index (χ3n) is 5.94. The number of carbonyl (C=O) groups excluding carboxylic acids is 1. The molecule has 1 amide bonds. The van der Waals surface area contributed by atoms with Crippen molar-refractivity contribution in [2.75, 3.05) is 0 Å². The number of amides is 1. The molecule has 4 heteroatoms. The molecule has 0 saturated heterocycles. The SMILES string of the molecule is C[C@H]1CCCC[C@H]1NC(=O)[C@@H]1[C@H]2CC[C@@H](C2)[C@@H]1C(=O)O. The van der Waals surface area contributed by atoms with Gasteiger partial charge in [0.15, 0.2) is 0 Å². The Morgan fingerprint density at radius 2 is 1.65 bits per heavy atom. The van der Waals surface area contributed by atoms with Crippen LogP contribution in [-0.4, -0.2) is 23.0 Å². The van der Waals surface area contributed by atoms with Crippen LogP contribution < -0.4 is 5.32 Å². The molecule has 0 radical (unpaired) electrons. The van der Waals surface area contributed by atoms with E-state index in [1.165, 1.54) is 19.3 Å². The molecule has 3 aliphatic carbocycles. The molecular formula is C16H25NO3. The number of aliphatic carboxylic acids is 1. The van der Waals surface area contributed by atoms with Crippen molar-refractivity contribution in [2.45, 2.75) is 57.9 Å². The molecule has 0 aromatic carbocycles. The first-order valence-electron chi connectivity index (χ1n) is 8.11. The highest BCUT2D eigenvalue weighted by Crippen LogP contribution is 2.52. The van der Waals surface area contributed by atoms with Gasteiger partial charge in [-0.15, -0.1) is 0 Å². The zero-order valence-corrected chi connectivity index (χ0v) is 12.2. The van der Waals surface area contributed by atoms with Crippen LogP contribution in [0.15, 0.2) is 0 Å². The zero-order valence-electron chi connectivity index (χ0n) is 12.2. The second-order valence-electron chi connectivity index (χ2n) is 7.10. The Hall–Kier alpha value is -1.06. The summed E-state index contributed by atoms with van der Waals surface area (Å²) in [5.74, 6) is -0.406. The molecule has 2 N–H and O–H groups in total. The average molecular weight is 279 g/mol. The van der Waals surface area contributed by atoms with Crippen molar-refractivity contribution >= 4 is 11.9 Å². The molecule has 3 rings (SSSR count). The van der Waals surface area contributed by atoms with Crippen LogP contribution in [0.3, 0.4) is 0 Å². The van der Waals surface area contributed by atoms with E-state index in [9.17, 15) is 14.7 Å². The van der Waals surface area contributed by atoms with Gasteiger partial charge in [-0.3, -0.25) is 9.59 Å². The van der Waals surface area contributed by atoms with E-state index in [0.29, 0.717) is 11.8 Å². The third kappa shape index (κ3) is 2.33. The van der Waals surface area contributed by atoms with Crippen molar-refractivity contribution in [1.82, 2.24) is 5.32 Å². The van der Waals surface area contributed by atoms with Gasteiger partial charge in [0.05, 0.1) is 11.8 Å². The van der Waals surface area contributed by atoms with E-state index in [2.05, 4.69) is 12.2 Å². The van der Waals surface area contributed by atoms with Crippen LogP contribution in [0, 0.1) is 29.6 Å². The molecule has 20 heavy (non-hydrogen) atoms. The van der Waals surface area contributed by atoms with E-state index in [-0.39, 0.29) is 23.8 Å². The number of carboxylic acids is 1. The van der Waals surface area contributed by atoms with Gasteiger partial charge in [0, 0.05) is 6.04 Å². The van der Waals surface area contributed by atoms with Gasteiger partial charge in [0.2, 0.25) is 5.91 Å². The summed E-state index contributed by atoms with van der Waals surface area (Å²) < 4.78 is 0. The van der Waals surface area contributed by atoms with Crippen LogP contribution in [0.1, 0.15) is 51.9 Å². The van der Waals surface area contributed by atoms with E-state index < -0.39 is 11.9 Å². The third-order valence-corrected chi connectivity index (χ3v) is 5.94. The Labute approximate surface area is 120 Å². The number of hydrogen-bond acceptors (Lipinski definition) is 2. The molecule has 3 aliphatic rings. The number of carbonyl (C=O) groups is 2. The van der Waals surface area contributed by atoms with E-state index in [4.69, 9.17) is 0 Å². The Balaban J connectivity index is 1.68. The summed E-state index contributed by atoms with van der Waals surface area (Å²) in [6.45, 7) is 2.19. The fourth-order valence-corrected chi connectivity index (χ4v) is 4.83. The average Bonchev–Trinajstić information content (AvgIpc) is 3.01. The van der Waals surface area contributed by atoms with Gasteiger partial charge >= 0.3 is 5.97 Å². The van der Waals surface area contributed by atoms with Crippen molar-refractivity contribution in [3.8, 4) is 0 Å². The van der Waals surface area contributed by atoms with Crippen LogP contribution in [0.5, 0.6) is 0 Å². The maximum atomic E-state index is 12.6. The predicted octanol–water partition coefficient (Wildman–Crippen LogP) is 2.43. The summed E-state index contributed by atoms with van der Waals surface area (Å²) in [4.78, 5) is 24.1. The van der Waals surface area contributed by atoms with Crippen molar-refractivity contribution in [3.63, 3.8) is 0 Å². The number of carboxylic acid groups (broad SMARTS) is 1. The van der Waals surface area contributed by atoms with Crippen LogP contribution >= 0.6 is 0 Å². The lowest BCUT2D eigenvalue weighted by Gasteiger charge is -2.33. The lowest BCUT2D eigenvalue weighted by molar-refractivity contribution is -0.149. The molecule has 112 valence electrons. The summed E-state index contributed by atoms with van der Waals surface area (Å²) in [7, 11) is 0. The summed E-state index contributed by atoms with van der Waals surface area (Å²) >= 11 is 0. The Bertz CT molecular complexity index is 409.